The monoisotopic (exact) mass is 337 g/mol. The molecule has 0 spiro atoms. The van der Waals surface area contributed by atoms with E-state index in [1.807, 2.05) is 48.5 Å². The molecule has 25 heavy (non-hydrogen) atoms. The number of nitrogens with one attached hydrogen (secondary N) is 2. The van der Waals surface area contributed by atoms with E-state index in [-0.39, 0.29) is 6.54 Å². The summed E-state index contributed by atoms with van der Waals surface area (Å²) < 4.78 is 5.39. The number of primary amides is 1. The fourth-order valence-electron chi connectivity index (χ4n) is 2.45. The minimum atomic E-state index is -0.484. The van der Waals surface area contributed by atoms with Crippen molar-refractivity contribution in [2.45, 2.75) is 6.54 Å². The van der Waals surface area contributed by atoms with Crippen LogP contribution in [0.3, 0.4) is 0 Å². The number of carbonyl (C=O) groups is 1. The van der Waals surface area contributed by atoms with E-state index < -0.39 is 5.91 Å². The Morgan fingerprint density at radius 1 is 1.08 bits per heavy atom. The van der Waals surface area contributed by atoms with Crippen LogP contribution in [0.15, 0.2) is 48.5 Å². The molecule has 1 heterocycles. The van der Waals surface area contributed by atoms with Crippen LogP contribution in [0.2, 0.25) is 0 Å². The Hall–Kier alpha value is -3.35. The highest BCUT2D eigenvalue weighted by Crippen LogP contribution is 2.29. The normalized spacial score (nSPS) is 10.4. The van der Waals surface area contributed by atoms with Gasteiger partial charge in [-0.3, -0.25) is 4.79 Å². The largest absolute Gasteiger partial charge is 0.494 e. The number of rotatable bonds is 7. The maximum absolute atomic E-state index is 11.0. The van der Waals surface area contributed by atoms with Gasteiger partial charge in [0.1, 0.15) is 17.1 Å². The molecule has 1 aromatic heterocycles. The number of nitrogens with zero attached hydrogens (tertiary/aromatic N) is 2. The molecule has 0 saturated heterocycles. The molecule has 7 nitrogen and oxygen atoms in total. The number of ether oxygens (including phenoxy) is 1. The summed E-state index contributed by atoms with van der Waals surface area (Å²) in [5, 5.41) is 6.99. The summed E-state index contributed by atoms with van der Waals surface area (Å²) in [5.74, 6) is 1.11. The smallest absolute Gasteiger partial charge is 0.236 e. The summed E-state index contributed by atoms with van der Waals surface area (Å²) in [6, 6.07) is 15.6. The average Bonchev–Trinajstić information content (AvgIpc) is 2.64. The first kappa shape index (κ1) is 16.5. The molecule has 0 aliphatic rings. The van der Waals surface area contributed by atoms with Gasteiger partial charge in [-0.1, -0.05) is 36.4 Å². The highest BCUT2D eigenvalue weighted by Gasteiger charge is 2.12. The molecule has 0 radical (unpaired) electrons. The zero-order valence-corrected chi connectivity index (χ0v) is 13.8. The second-order valence-electron chi connectivity index (χ2n) is 5.41. The summed E-state index contributed by atoms with van der Waals surface area (Å²) in [6.07, 6.45) is 0. The number of nitrogens with two attached hydrogens (primary N) is 1. The second-order valence-corrected chi connectivity index (χ2v) is 5.41. The van der Waals surface area contributed by atoms with Gasteiger partial charge in [0, 0.05) is 11.9 Å². The highest BCUT2D eigenvalue weighted by molar-refractivity contribution is 5.94. The van der Waals surface area contributed by atoms with Crippen molar-refractivity contribution < 1.29 is 9.53 Å². The van der Waals surface area contributed by atoms with Crippen LogP contribution in [0.25, 0.3) is 10.9 Å². The first-order valence-electron chi connectivity index (χ1n) is 7.82. The number of para-hydroxylation sites is 1. The summed E-state index contributed by atoms with van der Waals surface area (Å²) >= 11 is 0. The lowest BCUT2D eigenvalue weighted by molar-refractivity contribution is -0.116. The van der Waals surface area contributed by atoms with E-state index in [9.17, 15) is 4.79 Å². The molecule has 0 aliphatic carbocycles. The fourth-order valence-corrected chi connectivity index (χ4v) is 2.45. The van der Waals surface area contributed by atoms with Crippen molar-refractivity contribution in [3.63, 3.8) is 0 Å². The van der Waals surface area contributed by atoms with Crippen LogP contribution >= 0.6 is 0 Å². The van der Waals surface area contributed by atoms with Crippen LogP contribution < -0.4 is 21.1 Å². The molecule has 0 fully saturated rings. The predicted octanol–water partition coefficient (Wildman–Crippen LogP) is 2.15. The van der Waals surface area contributed by atoms with Gasteiger partial charge in [-0.2, -0.15) is 4.98 Å². The minimum absolute atomic E-state index is 0.0429. The molecule has 3 rings (SSSR count). The molecule has 2 aromatic carbocycles. The lowest BCUT2D eigenvalue weighted by Gasteiger charge is -2.13. The van der Waals surface area contributed by atoms with Crippen LogP contribution in [0.1, 0.15) is 5.56 Å². The Bertz CT molecular complexity index is 883. The van der Waals surface area contributed by atoms with Crippen molar-refractivity contribution in [2.75, 3.05) is 24.3 Å². The van der Waals surface area contributed by atoms with E-state index in [4.69, 9.17) is 10.5 Å². The van der Waals surface area contributed by atoms with Crippen LogP contribution in [-0.2, 0) is 11.3 Å². The van der Waals surface area contributed by atoms with Gasteiger partial charge in [-0.05, 0) is 17.7 Å². The molecular formula is C18H19N5O2. The number of methoxy groups -OCH3 is 1. The van der Waals surface area contributed by atoms with Crippen molar-refractivity contribution in [1.29, 1.82) is 0 Å². The SMILES string of the molecule is COc1cccc2c(NCc3ccccc3)nc(NCC(N)=O)nc12. The Kier molecular flexibility index (Phi) is 4.94. The third-order valence-electron chi connectivity index (χ3n) is 3.63. The van der Waals surface area contributed by atoms with Gasteiger partial charge in [0.15, 0.2) is 0 Å². The zero-order chi connectivity index (χ0) is 17.6. The first-order valence-corrected chi connectivity index (χ1v) is 7.82. The molecule has 0 bridgehead atoms. The Morgan fingerprint density at radius 2 is 1.88 bits per heavy atom. The minimum Gasteiger partial charge on any atom is -0.494 e. The number of anilines is 2. The van der Waals surface area contributed by atoms with Crippen LogP contribution in [0.4, 0.5) is 11.8 Å². The number of benzene rings is 2. The highest BCUT2D eigenvalue weighted by atomic mass is 16.5. The van der Waals surface area contributed by atoms with Gasteiger partial charge in [0.2, 0.25) is 11.9 Å². The maximum atomic E-state index is 11.0. The van der Waals surface area contributed by atoms with Crippen molar-refractivity contribution in [3.05, 3.63) is 54.1 Å². The molecule has 0 atom stereocenters. The maximum Gasteiger partial charge on any atom is 0.236 e. The van der Waals surface area contributed by atoms with Crippen LogP contribution in [0, 0.1) is 0 Å². The van der Waals surface area contributed by atoms with E-state index in [0.29, 0.717) is 29.6 Å². The Balaban J connectivity index is 1.97. The van der Waals surface area contributed by atoms with E-state index >= 15 is 0 Å². The number of hydrogen-bond acceptors (Lipinski definition) is 6. The van der Waals surface area contributed by atoms with E-state index in [2.05, 4.69) is 20.6 Å². The fraction of sp³-hybridized carbons (Fsp3) is 0.167. The van der Waals surface area contributed by atoms with E-state index in [1.54, 1.807) is 7.11 Å². The average molecular weight is 337 g/mol. The molecule has 0 unspecified atom stereocenters. The summed E-state index contributed by atoms with van der Waals surface area (Å²) in [6.45, 7) is 0.568. The first-order chi connectivity index (χ1) is 12.2. The number of hydrogen-bond donors (Lipinski definition) is 3. The molecule has 1 amide bonds. The van der Waals surface area contributed by atoms with Crippen molar-refractivity contribution in [2.24, 2.45) is 5.73 Å². The number of carbonyl (C=O) groups excluding carboxylic acids is 1. The van der Waals surface area contributed by atoms with Crippen molar-refractivity contribution >= 4 is 28.6 Å². The van der Waals surface area contributed by atoms with E-state index in [0.717, 1.165) is 10.9 Å². The van der Waals surface area contributed by atoms with Gasteiger partial charge in [-0.15, -0.1) is 0 Å². The number of amides is 1. The molecule has 0 aliphatic heterocycles. The molecule has 4 N–H and O–H groups in total. The zero-order valence-electron chi connectivity index (χ0n) is 13.8. The number of fused-ring (bicyclic) bond motifs is 1. The lowest BCUT2D eigenvalue weighted by atomic mass is 10.2. The summed E-state index contributed by atoms with van der Waals surface area (Å²) in [5.41, 5.74) is 6.97. The summed E-state index contributed by atoms with van der Waals surface area (Å²) in [7, 11) is 1.59. The van der Waals surface area contributed by atoms with Crippen LogP contribution in [0.5, 0.6) is 5.75 Å². The topological polar surface area (TPSA) is 102 Å². The Labute approximate surface area is 145 Å². The third-order valence-corrected chi connectivity index (χ3v) is 3.63. The molecular weight excluding hydrogens is 318 g/mol. The number of aromatic nitrogens is 2. The van der Waals surface area contributed by atoms with Gasteiger partial charge in [0.05, 0.1) is 13.7 Å². The van der Waals surface area contributed by atoms with Gasteiger partial charge < -0.3 is 21.1 Å². The Morgan fingerprint density at radius 3 is 2.60 bits per heavy atom. The van der Waals surface area contributed by atoms with Gasteiger partial charge in [0.25, 0.3) is 0 Å². The van der Waals surface area contributed by atoms with Crippen molar-refractivity contribution in [1.82, 2.24) is 9.97 Å². The standard InChI is InChI=1S/C18H19N5O2/c1-25-14-9-5-8-13-16(14)22-18(21-11-15(19)24)23-17(13)20-10-12-6-3-2-4-7-12/h2-9H,10-11H2,1H3,(H2,19,24)(H2,20,21,22,23). The van der Waals surface area contributed by atoms with Gasteiger partial charge >= 0.3 is 0 Å². The lowest BCUT2D eigenvalue weighted by Crippen LogP contribution is -2.23. The summed E-state index contributed by atoms with van der Waals surface area (Å²) in [4.78, 5) is 19.9. The molecule has 128 valence electrons. The van der Waals surface area contributed by atoms with Gasteiger partial charge in [-0.25, -0.2) is 4.98 Å². The van der Waals surface area contributed by atoms with Crippen molar-refractivity contribution in [3.8, 4) is 5.75 Å². The molecule has 3 aromatic rings. The van der Waals surface area contributed by atoms with Crippen LogP contribution in [-0.4, -0.2) is 29.5 Å². The molecule has 0 saturated carbocycles. The predicted molar refractivity (Wildman–Crippen MR) is 97.5 cm³/mol. The third kappa shape index (κ3) is 3.95. The second kappa shape index (κ2) is 7.48. The quantitative estimate of drug-likeness (QED) is 0.610. The van der Waals surface area contributed by atoms with E-state index in [1.165, 1.54) is 0 Å². The molecule has 7 heteroatoms.